The molecule has 0 saturated carbocycles. The van der Waals surface area contributed by atoms with Crippen LogP contribution in [0.25, 0.3) is 6.08 Å². The molecule has 2 N–H and O–H groups in total. The number of hydrogen-bond acceptors (Lipinski definition) is 1. The van der Waals surface area contributed by atoms with Crippen LogP contribution in [-0.4, -0.2) is 16.7 Å². The van der Waals surface area contributed by atoms with Crippen LogP contribution in [0.2, 0.25) is 0 Å². The van der Waals surface area contributed by atoms with Crippen molar-refractivity contribution in [2.24, 2.45) is 0 Å². The fourth-order valence-corrected chi connectivity index (χ4v) is 0.745. The second-order valence-electron chi connectivity index (χ2n) is 2.27. The first-order chi connectivity index (χ1) is 4.83. The van der Waals surface area contributed by atoms with Crippen LogP contribution in [-0.2, 0) is 0 Å². The van der Waals surface area contributed by atoms with Gasteiger partial charge in [0.05, 0.1) is 6.61 Å². The van der Waals surface area contributed by atoms with Gasteiger partial charge in [0.2, 0.25) is 0 Å². The smallest absolute Gasteiger partial charge is 0.0642 e. The molecular weight excluding hydrogens is 126 g/mol. The summed E-state index contributed by atoms with van der Waals surface area (Å²) in [5, 5.41) is 8.65. The molecule has 0 spiro atoms. The average Bonchev–Trinajstić information content (AvgIpc) is 2.40. The van der Waals surface area contributed by atoms with Gasteiger partial charge in [0.15, 0.2) is 0 Å². The lowest BCUT2D eigenvalue weighted by atomic mass is 10.2. The molecule has 1 rings (SSSR count). The summed E-state index contributed by atoms with van der Waals surface area (Å²) < 4.78 is 0. The lowest BCUT2D eigenvalue weighted by Crippen LogP contribution is -1.82. The predicted octanol–water partition coefficient (Wildman–Crippen LogP) is 1.41. The van der Waals surface area contributed by atoms with Gasteiger partial charge in [0.1, 0.15) is 0 Å². The van der Waals surface area contributed by atoms with E-state index < -0.39 is 0 Å². The summed E-state index contributed by atoms with van der Waals surface area (Å²) in [6.45, 7) is 2.01. The van der Waals surface area contributed by atoms with Crippen molar-refractivity contribution in [1.29, 1.82) is 0 Å². The van der Waals surface area contributed by atoms with E-state index >= 15 is 0 Å². The van der Waals surface area contributed by atoms with Crippen molar-refractivity contribution in [3.05, 3.63) is 29.6 Å². The third-order valence-corrected chi connectivity index (χ3v) is 1.27. The molecule has 0 unspecified atom stereocenters. The van der Waals surface area contributed by atoms with Gasteiger partial charge in [-0.25, -0.2) is 0 Å². The SMILES string of the molecule is CC(=Cc1ccc[nH]1)CO. The number of aliphatic hydroxyl groups excluding tert-OH is 1. The van der Waals surface area contributed by atoms with E-state index in [4.69, 9.17) is 5.11 Å². The van der Waals surface area contributed by atoms with Crippen LogP contribution < -0.4 is 0 Å². The van der Waals surface area contributed by atoms with E-state index in [1.807, 2.05) is 31.3 Å². The summed E-state index contributed by atoms with van der Waals surface area (Å²) in [6.07, 6.45) is 3.77. The molecule has 1 aromatic rings. The first-order valence-corrected chi connectivity index (χ1v) is 3.24. The van der Waals surface area contributed by atoms with Crippen LogP contribution in [0.4, 0.5) is 0 Å². The van der Waals surface area contributed by atoms with Gasteiger partial charge >= 0.3 is 0 Å². The second-order valence-corrected chi connectivity index (χ2v) is 2.27. The monoisotopic (exact) mass is 137 g/mol. The van der Waals surface area contributed by atoms with Gasteiger partial charge in [-0.05, 0) is 30.7 Å². The van der Waals surface area contributed by atoms with E-state index in [1.165, 1.54) is 0 Å². The highest BCUT2D eigenvalue weighted by molar-refractivity contribution is 5.48. The minimum absolute atomic E-state index is 0.124. The maximum atomic E-state index is 8.65. The molecule has 0 saturated heterocycles. The molecule has 0 aliphatic carbocycles. The second kappa shape index (κ2) is 3.22. The molecule has 10 heavy (non-hydrogen) atoms. The van der Waals surface area contributed by atoms with Gasteiger partial charge in [0, 0.05) is 11.9 Å². The van der Waals surface area contributed by atoms with E-state index in [0.717, 1.165) is 11.3 Å². The van der Waals surface area contributed by atoms with Gasteiger partial charge in [0.25, 0.3) is 0 Å². The Balaban J connectivity index is 2.71. The Morgan fingerprint density at radius 2 is 2.60 bits per heavy atom. The topological polar surface area (TPSA) is 36.0 Å². The summed E-state index contributed by atoms with van der Waals surface area (Å²) in [5.74, 6) is 0. The van der Waals surface area contributed by atoms with Crippen molar-refractivity contribution in [1.82, 2.24) is 4.98 Å². The van der Waals surface area contributed by atoms with Crippen LogP contribution in [0.15, 0.2) is 23.9 Å². The fourth-order valence-electron chi connectivity index (χ4n) is 0.745. The Labute approximate surface area is 60.2 Å². The Bertz CT molecular complexity index is 211. The molecule has 2 nitrogen and oxygen atoms in total. The molecular formula is C8H11NO. The number of rotatable bonds is 2. The Kier molecular flexibility index (Phi) is 2.29. The van der Waals surface area contributed by atoms with Crippen molar-refractivity contribution in [3.8, 4) is 0 Å². The van der Waals surface area contributed by atoms with Gasteiger partial charge in [-0.15, -0.1) is 0 Å². The lowest BCUT2D eigenvalue weighted by molar-refractivity contribution is 0.332. The number of aromatic nitrogens is 1. The molecule has 0 amide bonds. The van der Waals surface area contributed by atoms with Crippen molar-refractivity contribution < 1.29 is 5.11 Å². The fraction of sp³-hybridized carbons (Fsp3) is 0.250. The van der Waals surface area contributed by atoms with Crippen LogP contribution in [0.5, 0.6) is 0 Å². The molecule has 0 aromatic carbocycles. The van der Waals surface area contributed by atoms with Gasteiger partial charge < -0.3 is 10.1 Å². The summed E-state index contributed by atoms with van der Waals surface area (Å²) in [7, 11) is 0. The zero-order valence-corrected chi connectivity index (χ0v) is 5.96. The maximum Gasteiger partial charge on any atom is 0.0642 e. The van der Waals surface area contributed by atoms with Crippen LogP contribution >= 0.6 is 0 Å². The zero-order chi connectivity index (χ0) is 7.40. The van der Waals surface area contributed by atoms with Crippen molar-refractivity contribution in [2.45, 2.75) is 6.92 Å². The van der Waals surface area contributed by atoms with Crippen molar-refractivity contribution in [2.75, 3.05) is 6.61 Å². The minimum atomic E-state index is 0.124. The maximum absolute atomic E-state index is 8.65. The highest BCUT2D eigenvalue weighted by Crippen LogP contribution is 2.01. The summed E-state index contributed by atoms with van der Waals surface area (Å²) in [4.78, 5) is 3.01. The molecule has 54 valence electrons. The number of H-pyrrole nitrogens is 1. The van der Waals surface area contributed by atoms with Crippen LogP contribution in [0, 0.1) is 0 Å². The van der Waals surface area contributed by atoms with E-state index in [1.54, 1.807) is 0 Å². The van der Waals surface area contributed by atoms with E-state index in [9.17, 15) is 0 Å². The van der Waals surface area contributed by atoms with Gasteiger partial charge in [-0.1, -0.05) is 0 Å². The normalized spacial score (nSPS) is 12.0. The van der Waals surface area contributed by atoms with E-state index in [0.29, 0.717) is 0 Å². The zero-order valence-electron chi connectivity index (χ0n) is 5.96. The molecule has 0 radical (unpaired) electrons. The highest BCUT2D eigenvalue weighted by atomic mass is 16.3. The number of hydrogen-bond donors (Lipinski definition) is 2. The Hall–Kier alpha value is -1.02. The van der Waals surface area contributed by atoms with Gasteiger partial charge in [-0.3, -0.25) is 0 Å². The molecule has 0 bridgehead atoms. The number of aromatic amines is 1. The molecule has 2 heteroatoms. The number of nitrogens with one attached hydrogen (secondary N) is 1. The quantitative estimate of drug-likeness (QED) is 0.635. The van der Waals surface area contributed by atoms with Crippen LogP contribution in [0.3, 0.4) is 0 Å². The van der Waals surface area contributed by atoms with E-state index in [-0.39, 0.29) is 6.61 Å². The minimum Gasteiger partial charge on any atom is -0.392 e. The predicted molar refractivity (Wildman–Crippen MR) is 41.5 cm³/mol. The lowest BCUT2D eigenvalue weighted by Gasteiger charge is -1.91. The number of aliphatic hydroxyl groups is 1. The molecule has 0 aliphatic rings. The standard InChI is InChI=1S/C8H11NO/c1-7(6-10)5-8-3-2-4-9-8/h2-5,9-10H,6H2,1H3. The van der Waals surface area contributed by atoms with Crippen molar-refractivity contribution >= 4 is 6.08 Å². The summed E-state index contributed by atoms with van der Waals surface area (Å²) in [5.41, 5.74) is 1.99. The third kappa shape index (κ3) is 1.74. The third-order valence-electron chi connectivity index (χ3n) is 1.27. The van der Waals surface area contributed by atoms with Crippen LogP contribution in [0.1, 0.15) is 12.6 Å². The first kappa shape index (κ1) is 7.09. The molecule has 1 aromatic heterocycles. The summed E-state index contributed by atoms with van der Waals surface area (Å²) >= 11 is 0. The van der Waals surface area contributed by atoms with Crippen molar-refractivity contribution in [3.63, 3.8) is 0 Å². The average molecular weight is 137 g/mol. The molecule has 0 atom stereocenters. The first-order valence-electron chi connectivity index (χ1n) is 3.24. The molecule has 0 fully saturated rings. The summed E-state index contributed by atoms with van der Waals surface area (Å²) in [6, 6.07) is 3.88. The largest absolute Gasteiger partial charge is 0.392 e. The Morgan fingerprint density at radius 3 is 3.10 bits per heavy atom. The molecule has 0 aliphatic heterocycles. The van der Waals surface area contributed by atoms with Gasteiger partial charge in [-0.2, -0.15) is 0 Å². The Morgan fingerprint density at radius 1 is 1.80 bits per heavy atom. The molecule has 1 heterocycles. The van der Waals surface area contributed by atoms with E-state index in [2.05, 4.69) is 4.98 Å². The highest BCUT2D eigenvalue weighted by Gasteiger charge is 1.87.